The Hall–Kier alpha value is -3.92. The maximum Gasteiger partial charge on any atom is 0.394 e. The van der Waals surface area contributed by atoms with Crippen molar-refractivity contribution in [3.05, 3.63) is 30.3 Å². The van der Waals surface area contributed by atoms with Crippen LogP contribution >= 0.6 is 0 Å². The fraction of sp³-hybridized carbons (Fsp3) is 0.500. The predicted octanol–water partition coefficient (Wildman–Crippen LogP) is -2.25. The van der Waals surface area contributed by atoms with E-state index < -0.39 is 73.0 Å². The van der Waals surface area contributed by atoms with Gasteiger partial charge in [0.15, 0.2) is 0 Å². The second-order valence-electron chi connectivity index (χ2n) is 8.13. The maximum absolute atomic E-state index is 11.0. The molecule has 0 saturated heterocycles. The van der Waals surface area contributed by atoms with Gasteiger partial charge in [0.2, 0.25) is 0 Å². The van der Waals surface area contributed by atoms with Crippen molar-refractivity contribution < 1.29 is 72.1 Å². The van der Waals surface area contributed by atoms with Crippen molar-refractivity contribution in [1.29, 1.82) is 0 Å². The average molecular weight is 629 g/mol. The molecule has 0 saturated carbocycles. The Morgan fingerprint density at radius 3 is 1.17 bits per heavy atom. The van der Waals surface area contributed by atoms with E-state index in [1.807, 2.05) is 30.3 Å². The summed E-state index contributed by atoms with van der Waals surface area (Å²) in [5.74, 6) is -6.16. The molecule has 240 valence electrons. The maximum atomic E-state index is 11.0. The summed E-state index contributed by atoms with van der Waals surface area (Å²) in [5, 5.41) is 55.6. The normalized spacial score (nSPS) is 10.7. The number of carboxylic acid groups (broad SMARTS) is 5. The number of carbonyl (C=O) groups is 5. The van der Waals surface area contributed by atoms with Gasteiger partial charge in [-0.05, 0) is 12.1 Å². The molecule has 0 amide bonds. The molecule has 0 spiro atoms. The van der Waals surface area contributed by atoms with Gasteiger partial charge in [-0.3, -0.25) is 47.8 Å². The van der Waals surface area contributed by atoms with Crippen LogP contribution < -0.4 is 5.32 Å². The smallest absolute Gasteiger partial charge is 0.394 e. The summed E-state index contributed by atoms with van der Waals surface area (Å²) in [5.41, 5.74) is 1.05. The summed E-state index contributed by atoms with van der Waals surface area (Å²) in [6.45, 7) is -1.94. The Kier molecular flexibility index (Phi) is 21.8. The van der Waals surface area contributed by atoms with Crippen LogP contribution in [-0.4, -0.2) is 165 Å². The van der Waals surface area contributed by atoms with Crippen LogP contribution in [0.2, 0.25) is 0 Å². The minimum absolute atomic E-state index is 0.000836. The molecule has 0 aliphatic rings. The summed E-state index contributed by atoms with van der Waals surface area (Å²) in [6, 6.07) is 9.81. The van der Waals surface area contributed by atoms with Crippen LogP contribution in [0.5, 0.6) is 0 Å². The summed E-state index contributed by atoms with van der Waals surface area (Å²) in [6.07, 6.45) is 0. The molecule has 1 aromatic rings. The number of nitrogens with one attached hydrogen (secondary N) is 1. The highest BCUT2D eigenvalue weighted by molar-refractivity contribution is 7.79. The Morgan fingerprint density at radius 1 is 0.595 bits per heavy atom. The van der Waals surface area contributed by atoms with E-state index in [0.29, 0.717) is 6.54 Å². The quantitative estimate of drug-likeness (QED) is 0.0731. The third-order valence-electron chi connectivity index (χ3n) is 4.47. The lowest BCUT2D eigenvalue weighted by Crippen LogP contribution is -2.45. The van der Waals surface area contributed by atoms with Crippen molar-refractivity contribution in [3.8, 4) is 0 Å². The Labute approximate surface area is 240 Å². The standard InChI is InChI=1S/C14H23N3O10.C8H11NO.H2O4S/c18-10(19)5-15(1-3-16(6-11(20)21)7-12(22)23)2-4-17(8-13(24)25)9-14(26)27;10-7-6-9-8-4-2-1-3-5-8;1-5(2,3)4/h1-9H2,(H,18,19)(H,20,21)(H,22,23)(H,24,25)(H,26,27);1-5,9-10H,6-7H2;(H2,1,2,3,4). The molecular weight excluding hydrogens is 592 g/mol. The molecule has 0 aliphatic heterocycles. The molecular formula is C22H36N4O15S. The van der Waals surface area contributed by atoms with Crippen LogP contribution in [0.25, 0.3) is 0 Å². The highest BCUT2D eigenvalue weighted by Gasteiger charge is 2.19. The number of benzene rings is 1. The largest absolute Gasteiger partial charge is 0.480 e. The number of carboxylic acids is 5. The van der Waals surface area contributed by atoms with Crippen LogP contribution in [-0.2, 0) is 34.4 Å². The minimum Gasteiger partial charge on any atom is -0.480 e. The molecule has 0 bridgehead atoms. The van der Waals surface area contributed by atoms with Gasteiger partial charge in [-0.1, -0.05) is 18.2 Å². The molecule has 42 heavy (non-hydrogen) atoms. The van der Waals surface area contributed by atoms with Crippen LogP contribution in [0.15, 0.2) is 30.3 Å². The van der Waals surface area contributed by atoms with Gasteiger partial charge in [-0.2, -0.15) is 8.42 Å². The summed E-state index contributed by atoms with van der Waals surface area (Å²) >= 11 is 0. The molecule has 19 nitrogen and oxygen atoms in total. The number of aliphatic hydroxyl groups excluding tert-OH is 1. The lowest BCUT2D eigenvalue weighted by atomic mass is 10.3. The van der Waals surface area contributed by atoms with E-state index in [0.717, 1.165) is 15.5 Å². The minimum atomic E-state index is -4.67. The van der Waals surface area contributed by atoms with E-state index in [4.69, 9.17) is 48.2 Å². The molecule has 0 radical (unpaired) electrons. The first kappa shape index (κ1) is 40.2. The lowest BCUT2D eigenvalue weighted by molar-refractivity contribution is -0.143. The van der Waals surface area contributed by atoms with Gasteiger partial charge in [0, 0.05) is 38.4 Å². The second-order valence-corrected chi connectivity index (χ2v) is 9.03. The van der Waals surface area contributed by atoms with Crippen molar-refractivity contribution in [1.82, 2.24) is 14.7 Å². The number of rotatable bonds is 19. The third-order valence-corrected chi connectivity index (χ3v) is 4.47. The fourth-order valence-corrected chi connectivity index (χ4v) is 2.98. The van der Waals surface area contributed by atoms with E-state index in [-0.39, 0.29) is 32.8 Å². The molecule has 9 N–H and O–H groups in total. The van der Waals surface area contributed by atoms with Gasteiger partial charge < -0.3 is 36.0 Å². The molecule has 0 heterocycles. The fourth-order valence-electron chi connectivity index (χ4n) is 2.98. The highest BCUT2D eigenvalue weighted by atomic mass is 32.3. The first-order valence-corrected chi connectivity index (χ1v) is 13.2. The number of nitrogens with zero attached hydrogens (tertiary/aromatic N) is 3. The van der Waals surface area contributed by atoms with E-state index in [2.05, 4.69) is 5.32 Å². The van der Waals surface area contributed by atoms with Gasteiger partial charge in [-0.15, -0.1) is 0 Å². The zero-order valence-electron chi connectivity index (χ0n) is 22.4. The van der Waals surface area contributed by atoms with Crippen molar-refractivity contribution in [3.63, 3.8) is 0 Å². The van der Waals surface area contributed by atoms with Crippen LogP contribution in [0.4, 0.5) is 5.69 Å². The number of para-hydroxylation sites is 1. The number of aliphatic hydroxyl groups is 1. The first-order chi connectivity index (χ1) is 19.4. The van der Waals surface area contributed by atoms with Crippen LogP contribution in [0.3, 0.4) is 0 Å². The number of anilines is 1. The summed E-state index contributed by atoms with van der Waals surface area (Å²) < 4.78 is 31.6. The van der Waals surface area contributed by atoms with E-state index in [9.17, 15) is 24.0 Å². The molecule has 1 aromatic carbocycles. The molecule has 1 rings (SSSR count). The van der Waals surface area contributed by atoms with E-state index in [1.165, 1.54) is 4.90 Å². The van der Waals surface area contributed by atoms with Gasteiger partial charge in [-0.25, -0.2) is 0 Å². The van der Waals surface area contributed by atoms with Crippen LogP contribution in [0.1, 0.15) is 0 Å². The van der Waals surface area contributed by atoms with Crippen molar-refractivity contribution in [2.24, 2.45) is 0 Å². The summed E-state index contributed by atoms with van der Waals surface area (Å²) in [7, 11) is -4.67. The molecule has 20 heteroatoms. The van der Waals surface area contributed by atoms with Crippen molar-refractivity contribution in [2.45, 2.75) is 0 Å². The SMILES string of the molecule is O=C(O)CN(CCN(CC(=O)O)CC(=O)O)CCN(CC(=O)O)CC(=O)O.O=S(=O)(O)O.OCCNc1ccccc1. The Morgan fingerprint density at radius 2 is 0.881 bits per heavy atom. The predicted molar refractivity (Wildman–Crippen MR) is 144 cm³/mol. The number of aliphatic carboxylic acids is 5. The summed E-state index contributed by atoms with van der Waals surface area (Å²) in [4.78, 5) is 57.6. The van der Waals surface area contributed by atoms with Gasteiger partial charge in [0.25, 0.3) is 0 Å². The van der Waals surface area contributed by atoms with Crippen molar-refractivity contribution in [2.75, 3.05) is 77.4 Å². The van der Waals surface area contributed by atoms with Gasteiger partial charge in [0.1, 0.15) is 0 Å². The molecule has 0 unspecified atom stereocenters. The Bertz CT molecular complexity index is 993. The molecule has 0 fully saturated rings. The zero-order chi connectivity index (χ0) is 32.7. The Balaban J connectivity index is 0. The first-order valence-electron chi connectivity index (χ1n) is 11.8. The zero-order valence-corrected chi connectivity index (χ0v) is 23.2. The molecule has 0 aromatic heterocycles. The second kappa shape index (κ2) is 22.7. The van der Waals surface area contributed by atoms with E-state index in [1.54, 1.807) is 0 Å². The number of hydrogen-bond acceptors (Lipinski definition) is 12. The monoisotopic (exact) mass is 628 g/mol. The molecule has 0 aliphatic carbocycles. The van der Waals surface area contributed by atoms with Gasteiger partial charge in [0.05, 0.1) is 39.3 Å². The topological polar surface area (TPSA) is 303 Å². The molecule has 0 atom stereocenters. The number of hydrogen-bond donors (Lipinski definition) is 9. The van der Waals surface area contributed by atoms with Crippen LogP contribution in [0, 0.1) is 0 Å². The average Bonchev–Trinajstić information content (AvgIpc) is 2.82. The van der Waals surface area contributed by atoms with Gasteiger partial charge >= 0.3 is 40.2 Å². The third kappa shape index (κ3) is 30.6. The van der Waals surface area contributed by atoms with E-state index >= 15 is 0 Å². The van der Waals surface area contributed by atoms with Crippen molar-refractivity contribution >= 4 is 45.9 Å². The lowest BCUT2D eigenvalue weighted by Gasteiger charge is -2.27. The highest BCUT2D eigenvalue weighted by Crippen LogP contribution is 2.03.